The minimum absolute atomic E-state index is 0.00644. The van der Waals surface area contributed by atoms with Crippen LogP contribution in [0.2, 0.25) is 5.02 Å². The molecule has 4 aromatic rings. The van der Waals surface area contributed by atoms with Crippen LogP contribution in [0.4, 0.5) is 0 Å². The Morgan fingerprint density at radius 1 is 0.986 bits per heavy atom. The third-order valence-corrected chi connectivity index (χ3v) is 15.2. The van der Waals surface area contributed by atoms with Gasteiger partial charge < -0.3 is 35.5 Å². The van der Waals surface area contributed by atoms with Crippen molar-refractivity contribution < 1.29 is 33.9 Å². The number of carbonyl (C=O) groups excluding carboxylic acids is 4. The van der Waals surface area contributed by atoms with Crippen molar-refractivity contribution in [1.82, 2.24) is 30.8 Å². The van der Waals surface area contributed by atoms with E-state index in [-0.39, 0.29) is 55.3 Å². The van der Waals surface area contributed by atoms with E-state index in [1.807, 2.05) is 77.4 Å². The minimum atomic E-state index is -0.920. The van der Waals surface area contributed by atoms with Crippen molar-refractivity contribution in [1.29, 1.82) is 5.26 Å². The normalized spacial score (nSPS) is 20.1. The molecule has 4 N–H and O–H groups in total. The van der Waals surface area contributed by atoms with Gasteiger partial charge in [-0.25, -0.2) is 4.98 Å². The molecule has 72 heavy (non-hydrogen) atoms. The number of aliphatic hydroxyl groups excluding tert-OH is 1. The molecule has 17 heteroatoms. The fraction of sp³-hybridized carbons (Fsp3) is 0.527. The van der Waals surface area contributed by atoms with Crippen molar-refractivity contribution in [3.05, 3.63) is 99.4 Å². The third-order valence-electron chi connectivity index (χ3n) is 13.9. The number of halogens is 1. The molecule has 0 bridgehead atoms. The number of hydrogen-bond acceptors (Lipinski definition) is 12. The summed E-state index contributed by atoms with van der Waals surface area (Å²) in [5, 5.41) is 33.9. The monoisotopic (exact) mass is 1020 g/mol. The Balaban J connectivity index is 0.945. The highest BCUT2D eigenvalue weighted by Gasteiger charge is 2.64. The molecule has 2 aromatic carbocycles. The van der Waals surface area contributed by atoms with Gasteiger partial charge in [0.25, 0.3) is 5.91 Å². The van der Waals surface area contributed by atoms with E-state index in [1.54, 1.807) is 41.8 Å². The lowest BCUT2D eigenvalue weighted by molar-refractivity contribution is -0.164. The first-order valence-electron chi connectivity index (χ1n) is 24.9. The Morgan fingerprint density at radius 3 is 2.29 bits per heavy atom. The van der Waals surface area contributed by atoms with Crippen LogP contribution in [0.25, 0.3) is 10.4 Å². The number of thiazole rings is 1. The number of rotatable bonds is 21. The number of aliphatic hydroxyl groups is 1. The highest BCUT2D eigenvalue weighted by Crippen LogP contribution is 2.55. The Bertz CT molecular complexity index is 2600. The zero-order valence-electron chi connectivity index (χ0n) is 43.3. The van der Waals surface area contributed by atoms with E-state index >= 15 is 0 Å². The van der Waals surface area contributed by atoms with Crippen molar-refractivity contribution in [2.24, 2.45) is 21.4 Å². The van der Waals surface area contributed by atoms with E-state index in [1.165, 1.54) is 4.90 Å². The number of amides is 4. The van der Waals surface area contributed by atoms with Crippen molar-refractivity contribution in [2.45, 2.75) is 157 Å². The van der Waals surface area contributed by atoms with Crippen molar-refractivity contribution in [2.75, 3.05) is 13.2 Å². The second-order valence-electron chi connectivity index (χ2n) is 21.4. The van der Waals surface area contributed by atoms with E-state index in [2.05, 4.69) is 64.8 Å². The minimum Gasteiger partial charge on any atom is -0.489 e. The molecule has 2 fully saturated rings. The number of β-amino-alcohol motifs (C(OH)–C–C–N with tert-alkyl or cyclic N) is 1. The number of likely N-dealkylation sites (tertiary alicyclic amines) is 1. The van der Waals surface area contributed by atoms with Gasteiger partial charge in [-0.3, -0.25) is 24.2 Å². The molecule has 2 unspecified atom stereocenters. The number of pyridine rings is 1. The van der Waals surface area contributed by atoms with Gasteiger partial charge in [0.1, 0.15) is 42.3 Å². The van der Waals surface area contributed by atoms with Crippen LogP contribution in [-0.2, 0) is 25.6 Å². The zero-order chi connectivity index (χ0) is 52.5. The largest absolute Gasteiger partial charge is 0.489 e. The fourth-order valence-corrected chi connectivity index (χ4v) is 11.3. The lowest BCUT2D eigenvalue weighted by atomic mass is 9.49. The molecular weight excluding hydrogens is 952 g/mol. The first kappa shape index (κ1) is 55.4. The second kappa shape index (κ2) is 23.8. The molecule has 2 aliphatic rings. The van der Waals surface area contributed by atoms with Crippen LogP contribution >= 0.6 is 22.9 Å². The number of nitrogens with zero attached hydrogens (tertiary/aromatic N) is 5. The van der Waals surface area contributed by atoms with Crippen molar-refractivity contribution in [3.8, 4) is 22.3 Å². The van der Waals surface area contributed by atoms with Crippen LogP contribution < -0.4 is 20.7 Å². The predicted molar refractivity (Wildman–Crippen MR) is 280 cm³/mol. The Morgan fingerprint density at radius 2 is 1.68 bits per heavy atom. The molecule has 3 heterocycles. The van der Waals surface area contributed by atoms with Gasteiger partial charge in [0.2, 0.25) is 17.7 Å². The summed E-state index contributed by atoms with van der Waals surface area (Å²) in [6.07, 6.45) is 4.94. The number of benzene rings is 2. The SMILES string of the molecule is CCO/N=C(\CCCCC(=O)NC(C(=O)N1C[C@H](O)C[C@H]1C(=O)NC(C)c1ccc(-c2scnc2C)cc1)C(C)(C)C)CCCc1ccc(C(=O)N[C@H]2C(C)(C)[C@H](Oc3ccc(C#N)c(Cl)c3)C2(C)C)nc1. The Kier molecular flexibility index (Phi) is 18.3. The molecule has 15 nitrogen and oxygen atoms in total. The average molecular weight is 1020 g/mol. The van der Waals surface area contributed by atoms with Gasteiger partial charge >= 0.3 is 0 Å². The molecule has 4 atom stereocenters. The van der Waals surface area contributed by atoms with E-state index in [4.69, 9.17) is 21.2 Å². The Hall–Kier alpha value is -5.89. The van der Waals surface area contributed by atoms with Gasteiger partial charge in [0.15, 0.2) is 0 Å². The lowest BCUT2D eigenvalue weighted by Crippen LogP contribution is -2.74. The molecule has 1 saturated heterocycles. The number of nitriles is 1. The predicted octanol–water partition coefficient (Wildman–Crippen LogP) is 9.30. The standard InChI is InChI=1S/C55H71ClN8O7S/c1-11-70-63-39(17-14-15-35-19-26-43(58-30-35)48(67)62-51-54(7,8)52(55(51,9)10)71-41-25-24-38(29-57)42(56)28-41)16-12-13-18-45(66)61-47(53(4,5)6)50(69)64-31-40(65)27-44(64)49(68)60-33(2)36-20-22-37(23-21-36)46-34(3)59-32-72-46/h19-26,28,30,32-33,40,44,47,51-52,65H,11-18,27,31H2,1-10H3,(H,60,68)(H,61,66)(H,62,67)/b63-39+/t33?,40-,44+,47?,51-,52-/m1/s1. The van der Waals surface area contributed by atoms with E-state index in [0.29, 0.717) is 60.7 Å². The van der Waals surface area contributed by atoms with Crippen molar-refractivity contribution in [3.63, 3.8) is 0 Å². The van der Waals surface area contributed by atoms with Gasteiger partial charge in [-0.05, 0) is 99.6 Å². The number of nitrogens with one attached hydrogen (secondary N) is 3. The zero-order valence-corrected chi connectivity index (χ0v) is 44.9. The summed E-state index contributed by atoms with van der Waals surface area (Å²) in [5.41, 5.74) is 5.80. The number of oxime groups is 1. The maximum absolute atomic E-state index is 14.2. The summed E-state index contributed by atoms with van der Waals surface area (Å²) >= 11 is 7.83. The maximum atomic E-state index is 14.2. The van der Waals surface area contributed by atoms with Crippen LogP contribution in [0.3, 0.4) is 0 Å². The van der Waals surface area contributed by atoms with Gasteiger partial charge in [-0.15, -0.1) is 11.3 Å². The molecule has 1 aliphatic heterocycles. The molecular formula is C55H71ClN8O7S. The van der Waals surface area contributed by atoms with Crippen LogP contribution in [0.1, 0.15) is 146 Å². The van der Waals surface area contributed by atoms with Crippen LogP contribution in [0.5, 0.6) is 5.75 Å². The summed E-state index contributed by atoms with van der Waals surface area (Å²) in [7, 11) is 0. The first-order chi connectivity index (χ1) is 34.0. The summed E-state index contributed by atoms with van der Waals surface area (Å²) in [6, 6.07) is 16.3. The number of aromatic nitrogens is 2. The molecule has 1 aliphatic carbocycles. The van der Waals surface area contributed by atoms with E-state index < -0.39 is 40.3 Å². The molecule has 2 aromatic heterocycles. The summed E-state index contributed by atoms with van der Waals surface area (Å²) in [5.74, 6) is -0.733. The number of ether oxygens (including phenoxy) is 1. The first-order valence-corrected chi connectivity index (χ1v) is 26.2. The van der Waals surface area contributed by atoms with E-state index in [9.17, 15) is 29.5 Å². The van der Waals surface area contributed by atoms with Gasteiger partial charge in [0.05, 0.1) is 44.5 Å². The van der Waals surface area contributed by atoms with Gasteiger partial charge in [0, 0.05) is 48.5 Å². The summed E-state index contributed by atoms with van der Waals surface area (Å²) < 4.78 is 6.37. The smallest absolute Gasteiger partial charge is 0.270 e. The van der Waals surface area contributed by atoms with Crippen LogP contribution in [0, 0.1) is 34.5 Å². The topological polar surface area (TPSA) is 208 Å². The third kappa shape index (κ3) is 13.4. The molecule has 6 rings (SSSR count). The molecule has 4 amide bonds. The average Bonchev–Trinajstić information content (AvgIpc) is 3.96. The molecule has 386 valence electrons. The highest BCUT2D eigenvalue weighted by molar-refractivity contribution is 7.13. The molecule has 1 saturated carbocycles. The van der Waals surface area contributed by atoms with Gasteiger partial charge in [-0.2, -0.15) is 5.26 Å². The lowest BCUT2D eigenvalue weighted by Gasteiger charge is -2.63. The highest BCUT2D eigenvalue weighted by atomic mass is 35.5. The van der Waals surface area contributed by atoms with Crippen LogP contribution in [0.15, 0.2) is 71.5 Å². The Labute approximate surface area is 433 Å². The molecule has 0 spiro atoms. The molecule has 0 radical (unpaired) electrons. The van der Waals surface area contributed by atoms with Crippen molar-refractivity contribution >= 4 is 52.3 Å². The summed E-state index contributed by atoms with van der Waals surface area (Å²) in [6.45, 7) is 20.0. The number of hydrogen-bond donors (Lipinski definition) is 4. The quantitative estimate of drug-likeness (QED) is 0.0353. The number of aryl methyl sites for hydroxylation is 2. The van der Waals surface area contributed by atoms with Crippen LogP contribution in [-0.4, -0.2) is 92.8 Å². The second-order valence-corrected chi connectivity index (χ2v) is 22.6. The van der Waals surface area contributed by atoms with E-state index in [0.717, 1.165) is 39.4 Å². The summed E-state index contributed by atoms with van der Waals surface area (Å²) in [4.78, 5) is 71.6. The number of carbonyl (C=O) groups is 4. The fourth-order valence-electron chi connectivity index (χ4n) is 10.2. The number of unbranched alkanes of at least 4 members (excludes halogenated alkanes) is 1. The maximum Gasteiger partial charge on any atom is 0.270 e. The van der Waals surface area contributed by atoms with Gasteiger partial charge in [-0.1, -0.05) is 95.6 Å².